The van der Waals surface area contributed by atoms with E-state index >= 15 is 0 Å². The highest BCUT2D eigenvalue weighted by Gasteiger charge is 2.54. The second-order valence-electron chi connectivity index (χ2n) is 6.62. The Morgan fingerprint density at radius 1 is 1.36 bits per heavy atom. The van der Waals surface area contributed by atoms with Gasteiger partial charge in [-0.2, -0.15) is 0 Å². The first-order valence-electron chi connectivity index (χ1n) is 9.07. The molecule has 10 nitrogen and oxygen atoms in total. The van der Waals surface area contributed by atoms with Crippen LogP contribution in [-0.4, -0.2) is 59.3 Å². The van der Waals surface area contributed by atoms with Crippen LogP contribution in [0.15, 0.2) is 35.6 Å². The lowest BCUT2D eigenvalue weighted by Crippen LogP contribution is -2.45. The third kappa shape index (κ3) is 5.91. The molecule has 0 fully saturated rings. The number of carboxylic acid groups (broad SMARTS) is 1. The van der Waals surface area contributed by atoms with Crippen LogP contribution in [0.1, 0.15) is 23.0 Å². The number of aliphatic imine (C=N–C) groups is 1. The van der Waals surface area contributed by atoms with Crippen molar-refractivity contribution in [3.63, 3.8) is 0 Å². The number of halogens is 4. The molecule has 0 unspecified atom stereocenters. The van der Waals surface area contributed by atoms with Crippen LogP contribution >= 0.6 is 0 Å². The van der Waals surface area contributed by atoms with Gasteiger partial charge in [0.15, 0.2) is 5.54 Å². The largest absolute Gasteiger partial charge is 0.483 e. The first kappa shape index (κ1) is 25.5. The summed E-state index contributed by atoms with van der Waals surface area (Å²) in [6.45, 7) is -1.65. The molecule has 1 aromatic heterocycles. The minimum Gasteiger partial charge on any atom is -0.483 e. The molecular weight excluding hydrogens is 454 g/mol. The maximum absolute atomic E-state index is 14.7. The standard InChI is InChI=1S/C18H17F4N5O3.CH2O2/c1-17(18(21,22)8-29-7-14(23)27-17)11-4-10(2-3-12(11)20)26-16(28)13-5-25-15(6-24-13)30-9-19;2-1-3/h2-6H,7-9H2,1H3,(H2,23,27)(H,26,28);1H,(H,2,3)/t17-;/m1./s1. The lowest BCUT2D eigenvalue weighted by molar-refractivity contribution is -0.122. The number of amides is 1. The summed E-state index contributed by atoms with van der Waals surface area (Å²) in [5.74, 6) is -5.62. The van der Waals surface area contributed by atoms with Crippen molar-refractivity contribution < 1.29 is 41.7 Å². The first-order chi connectivity index (χ1) is 15.6. The highest BCUT2D eigenvalue weighted by atomic mass is 19.3. The maximum Gasteiger partial charge on any atom is 0.299 e. The number of nitrogens with zero attached hydrogens (tertiary/aromatic N) is 3. The molecule has 0 spiro atoms. The molecule has 4 N–H and O–H groups in total. The zero-order valence-electron chi connectivity index (χ0n) is 17.1. The van der Waals surface area contributed by atoms with E-state index in [9.17, 15) is 22.4 Å². The summed E-state index contributed by atoms with van der Waals surface area (Å²) in [7, 11) is 0. The summed E-state index contributed by atoms with van der Waals surface area (Å²) >= 11 is 0. The Bertz CT molecular complexity index is 1020. The SMILES string of the molecule is C[C@]1(c2cc(NC(=O)c3cnc(OCF)cn3)ccc2F)N=C(N)COCC1(F)F.O=CO. The predicted molar refractivity (Wildman–Crippen MR) is 106 cm³/mol. The minimum absolute atomic E-state index is 0.0123. The topological polar surface area (TPSA) is 149 Å². The number of carbonyl (C=O) groups excluding carboxylic acids is 1. The summed E-state index contributed by atoms with van der Waals surface area (Å²) in [5.41, 5.74) is 2.62. The Morgan fingerprint density at radius 3 is 2.67 bits per heavy atom. The number of nitrogens with one attached hydrogen (secondary N) is 1. The molecule has 33 heavy (non-hydrogen) atoms. The zero-order valence-corrected chi connectivity index (χ0v) is 17.1. The first-order valence-corrected chi connectivity index (χ1v) is 9.07. The van der Waals surface area contributed by atoms with Gasteiger partial charge in [-0.15, -0.1) is 0 Å². The van der Waals surface area contributed by atoms with Gasteiger partial charge in [0.25, 0.3) is 18.3 Å². The minimum atomic E-state index is -3.57. The third-order valence-corrected chi connectivity index (χ3v) is 4.42. The van der Waals surface area contributed by atoms with E-state index in [1.807, 2.05) is 0 Å². The number of carbonyl (C=O) groups is 2. The van der Waals surface area contributed by atoms with Gasteiger partial charge in [-0.1, -0.05) is 0 Å². The number of rotatable bonds is 5. The summed E-state index contributed by atoms with van der Waals surface area (Å²) in [6.07, 6.45) is 2.07. The van der Waals surface area contributed by atoms with Crippen LogP contribution in [0.3, 0.4) is 0 Å². The fourth-order valence-corrected chi connectivity index (χ4v) is 2.82. The van der Waals surface area contributed by atoms with E-state index in [4.69, 9.17) is 20.4 Å². The van der Waals surface area contributed by atoms with Gasteiger partial charge in [0.2, 0.25) is 12.7 Å². The highest BCUT2D eigenvalue weighted by Crippen LogP contribution is 2.44. The van der Waals surface area contributed by atoms with Gasteiger partial charge in [0.1, 0.15) is 30.6 Å². The van der Waals surface area contributed by atoms with Crippen molar-refractivity contribution >= 4 is 23.9 Å². The van der Waals surface area contributed by atoms with E-state index in [0.717, 1.165) is 31.5 Å². The monoisotopic (exact) mass is 473 g/mol. The Kier molecular flexibility index (Phi) is 8.23. The van der Waals surface area contributed by atoms with Gasteiger partial charge in [-0.3, -0.25) is 14.6 Å². The molecule has 1 aromatic carbocycles. The number of alkyl halides is 3. The molecule has 0 radical (unpaired) electrons. The average Bonchev–Trinajstić information content (AvgIpc) is 2.86. The van der Waals surface area contributed by atoms with Crippen molar-refractivity contribution in [1.29, 1.82) is 0 Å². The van der Waals surface area contributed by atoms with Crippen LogP contribution in [0, 0.1) is 5.82 Å². The Labute approximate surface area is 184 Å². The van der Waals surface area contributed by atoms with Crippen molar-refractivity contribution in [2.45, 2.75) is 18.4 Å². The number of nitrogens with two attached hydrogens (primary N) is 1. The normalized spacial score (nSPS) is 19.2. The molecule has 2 aromatic rings. The lowest BCUT2D eigenvalue weighted by Gasteiger charge is -2.33. The second kappa shape index (κ2) is 10.7. The number of hydrogen-bond acceptors (Lipinski definition) is 8. The van der Waals surface area contributed by atoms with Crippen LogP contribution < -0.4 is 15.8 Å². The Balaban J connectivity index is 0.00000122. The van der Waals surface area contributed by atoms with Crippen LogP contribution in [0.4, 0.5) is 23.2 Å². The van der Waals surface area contributed by atoms with E-state index in [2.05, 4.69) is 25.0 Å². The molecule has 3 rings (SSSR count). The van der Waals surface area contributed by atoms with Gasteiger partial charge >= 0.3 is 0 Å². The van der Waals surface area contributed by atoms with Crippen molar-refractivity contribution in [2.75, 3.05) is 25.4 Å². The summed E-state index contributed by atoms with van der Waals surface area (Å²) in [4.78, 5) is 32.0. The van der Waals surface area contributed by atoms with Gasteiger partial charge < -0.3 is 25.6 Å². The predicted octanol–water partition coefficient (Wildman–Crippen LogP) is 2.11. The number of benzene rings is 1. The van der Waals surface area contributed by atoms with Crippen molar-refractivity contribution in [3.05, 3.63) is 47.7 Å². The highest BCUT2D eigenvalue weighted by molar-refractivity contribution is 6.02. The van der Waals surface area contributed by atoms with Gasteiger partial charge in [0.05, 0.1) is 12.4 Å². The second-order valence-corrected chi connectivity index (χ2v) is 6.62. The van der Waals surface area contributed by atoms with Gasteiger partial charge in [-0.05, 0) is 25.1 Å². The molecule has 178 valence electrons. The van der Waals surface area contributed by atoms with Crippen LogP contribution in [-0.2, 0) is 15.1 Å². The summed E-state index contributed by atoms with van der Waals surface area (Å²) in [5, 5.41) is 9.30. The third-order valence-electron chi connectivity index (χ3n) is 4.42. The number of aromatic nitrogens is 2. The van der Waals surface area contributed by atoms with Crippen LogP contribution in [0.5, 0.6) is 5.88 Å². The van der Waals surface area contributed by atoms with E-state index in [1.54, 1.807) is 0 Å². The van der Waals surface area contributed by atoms with Crippen molar-refractivity contribution in [2.24, 2.45) is 10.7 Å². The number of anilines is 1. The van der Waals surface area contributed by atoms with Crippen LogP contribution in [0.2, 0.25) is 0 Å². The maximum atomic E-state index is 14.7. The number of ether oxygens (including phenoxy) is 2. The van der Waals surface area contributed by atoms with E-state index in [0.29, 0.717) is 0 Å². The van der Waals surface area contributed by atoms with Crippen LogP contribution in [0.25, 0.3) is 0 Å². The Morgan fingerprint density at radius 2 is 2.06 bits per heavy atom. The summed E-state index contributed by atoms with van der Waals surface area (Å²) in [6, 6.07) is 3.15. The Hall–Kier alpha value is -3.81. The fourth-order valence-electron chi connectivity index (χ4n) is 2.82. The van der Waals surface area contributed by atoms with E-state index in [-0.39, 0.29) is 36.2 Å². The summed E-state index contributed by atoms with van der Waals surface area (Å²) < 4.78 is 65.3. The molecule has 0 saturated carbocycles. The lowest BCUT2D eigenvalue weighted by atomic mass is 9.85. The van der Waals surface area contributed by atoms with Crippen molar-refractivity contribution in [3.8, 4) is 5.88 Å². The molecule has 1 aliphatic heterocycles. The number of amidine groups is 1. The molecule has 2 heterocycles. The fraction of sp³-hybridized carbons (Fsp3) is 0.316. The molecule has 14 heteroatoms. The molecule has 0 aliphatic carbocycles. The molecule has 1 amide bonds. The average molecular weight is 473 g/mol. The molecular formula is C19H19F4N5O5. The smallest absolute Gasteiger partial charge is 0.299 e. The molecule has 0 bridgehead atoms. The number of hydrogen-bond donors (Lipinski definition) is 3. The van der Waals surface area contributed by atoms with E-state index < -0.39 is 42.2 Å². The van der Waals surface area contributed by atoms with E-state index in [1.165, 1.54) is 6.07 Å². The van der Waals surface area contributed by atoms with Gasteiger partial charge in [-0.25, -0.2) is 27.5 Å². The van der Waals surface area contributed by atoms with Gasteiger partial charge in [0, 0.05) is 11.3 Å². The molecule has 1 aliphatic rings. The molecule has 1 atom stereocenters. The quantitative estimate of drug-likeness (QED) is 0.442. The zero-order chi connectivity index (χ0) is 24.6. The molecule has 0 saturated heterocycles. The van der Waals surface area contributed by atoms with Crippen molar-refractivity contribution in [1.82, 2.24) is 9.97 Å².